The molecule has 1 aromatic rings. The predicted octanol–water partition coefficient (Wildman–Crippen LogP) is 2.61. The third-order valence-corrected chi connectivity index (χ3v) is 3.70. The maximum absolute atomic E-state index is 12.5. The molecule has 0 saturated heterocycles. The van der Waals surface area contributed by atoms with Gasteiger partial charge in [-0.05, 0) is 20.8 Å². The number of quaternary nitrogens is 1. The standard InChI is InChI=1S/C10H16N.C7H12F2O5S/c1-11(2,3)9-10-7-5-4-6-8-10;1-6(2,3)5(10)14-4-7(8,9)15(11,12)13/h4-8H,9H2,1-3H3;4H2,1-3H3,(H,11,12,13)/q+1;/p-1. The number of alkyl halides is 2. The fourth-order valence-corrected chi connectivity index (χ4v) is 1.77. The Morgan fingerprint density at radius 3 is 1.92 bits per heavy atom. The van der Waals surface area contributed by atoms with E-state index in [1.165, 1.54) is 26.3 Å². The first kappa shape index (κ1) is 24.4. The molecule has 0 amide bonds. The van der Waals surface area contributed by atoms with Crippen molar-refractivity contribution in [2.24, 2.45) is 5.41 Å². The second-order valence-electron chi connectivity index (χ2n) is 7.85. The van der Waals surface area contributed by atoms with E-state index in [1.54, 1.807) is 0 Å². The Bertz CT molecular complexity index is 677. The molecule has 0 aliphatic rings. The highest BCUT2D eigenvalue weighted by Gasteiger charge is 2.40. The summed E-state index contributed by atoms with van der Waals surface area (Å²) in [5.74, 6) is -1.01. The van der Waals surface area contributed by atoms with Crippen LogP contribution in [0.4, 0.5) is 8.78 Å². The maximum Gasteiger partial charge on any atom is 0.367 e. The third-order valence-electron chi connectivity index (χ3n) is 2.85. The molecule has 0 heterocycles. The molecule has 6 nitrogen and oxygen atoms in total. The van der Waals surface area contributed by atoms with Gasteiger partial charge in [-0.3, -0.25) is 4.79 Å². The average molecular weight is 395 g/mol. The molecule has 0 bridgehead atoms. The number of carbonyl (C=O) groups is 1. The van der Waals surface area contributed by atoms with Crippen LogP contribution in [0.2, 0.25) is 0 Å². The van der Waals surface area contributed by atoms with Gasteiger partial charge in [-0.1, -0.05) is 30.3 Å². The Hall–Kier alpha value is -1.58. The van der Waals surface area contributed by atoms with E-state index in [2.05, 4.69) is 56.2 Å². The molecule has 0 aliphatic heterocycles. The molecule has 0 saturated carbocycles. The van der Waals surface area contributed by atoms with Crippen molar-refractivity contribution in [1.29, 1.82) is 0 Å². The smallest absolute Gasteiger partial charge is 0.367 e. The average Bonchev–Trinajstić information content (AvgIpc) is 2.42. The van der Waals surface area contributed by atoms with Gasteiger partial charge in [-0.2, -0.15) is 8.78 Å². The summed E-state index contributed by atoms with van der Waals surface area (Å²) in [4.78, 5) is 11.0. The zero-order valence-electron chi connectivity index (χ0n) is 16.0. The molecular formula is C17H27F2NO5S. The van der Waals surface area contributed by atoms with E-state index in [0.717, 1.165) is 11.0 Å². The maximum atomic E-state index is 12.5. The van der Waals surface area contributed by atoms with Crippen LogP contribution in [0.5, 0.6) is 0 Å². The van der Waals surface area contributed by atoms with Gasteiger partial charge in [0.15, 0.2) is 16.7 Å². The first-order valence-electron chi connectivity index (χ1n) is 7.80. The second kappa shape index (κ2) is 8.88. The summed E-state index contributed by atoms with van der Waals surface area (Å²) in [6.45, 7) is 3.55. The summed E-state index contributed by atoms with van der Waals surface area (Å²) in [5, 5.41) is -4.59. The molecule has 1 aromatic carbocycles. The quantitative estimate of drug-likeness (QED) is 0.435. The van der Waals surface area contributed by atoms with Crippen LogP contribution in [-0.4, -0.2) is 56.4 Å². The van der Waals surface area contributed by atoms with Crippen molar-refractivity contribution in [2.75, 3.05) is 27.7 Å². The van der Waals surface area contributed by atoms with Crippen LogP contribution < -0.4 is 0 Å². The zero-order chi connectivity index (χ0) is 20.8. The lowest BCUT2D eigenvalue weighted by Crippen LogP contribution is -2.36. The van der Waals surface area contributed by atoms with Crippen molar-refractivity contribution < 1.29 is 35.8 Å². The number of hydrogen-bond acceptors (Lipinski definition) is 5. The van der Waals surface area contributed by atoms with E-state index < -0.39 is 33.4 Å². The minimum atomic E-state index is -5.80. The third kappa shape index (κ3) is 9.79. The summed E-state index contributed by atoms with van der Waals surface area (Å²) in [6.07, 6.45) is 0. The van der Waals surface area contributed by atoms with Crippen molar-refractivity contribution >= 4 is 16.1 Å². The van der Waals surface area contributed by atoms with Crippen LogP contribution in [-0.2, 0) is 26.2 Å². The Morgan fingerprint density at radius 2 is 1.58 bits per heavy atom. The van der Waals surface area contributed by atoms with Gasteiger partial charge in [-0.15, -0.1) is 0 Å². The number of benzene rings is 1. The van der Waals surface area contributed by atoms with E-state index in [1.807, 2.05) is 0 Å². The molecule has 0 N–H and O–H groups in total. The van der Waals surface area contributed by atoms with E-state index >= 15 is 0 Å². The summed E-state index contributed by atoms with van der Waals surface area (Å²) >= 11 is 0. The molecule has 0 aliphatic carbocycles. The molecule has 0 unspecified atom stereocenters. The number of rotatable bonds is 5. The lowest BCUT2D eigenvalue weighted by atomic mass is 9.97. The summed E-state index contributed by atoms with van der Waals surface area (Å²) < 4.78 is 60.1. The van der Waals surface area contributed by atoms with E-state index in [-0.39, 0.29) is 0 Å². The highest BCUT2D eigenvalue weighted by molar-refractivity contribution is 7.86. The lowest BCUT2D eigenvalue weighted by molar-refractivity contribution is -0.884. The molecule has 0 spiro atoms. The summed E-state index contributed by atoms with van der Waals surface area (Å²) in [6, 6.07) is 10.6. The van der Waals surface area contributed by atoms with Gasteiger partial charge in [0.1, 0.15) is 6.54 Å². The van der Waals surface area contributed by atoms with E-state index in [9.17, 15) is 26.5 Å². The highest BCUT2D eigenvalue weighted by atomic mass is 32.2. The van der Waals surface area contributed by atoms with Crippen LogP contribution in [0.1, 0.15) is 26.3 Å². The number of halogens is 2. The molecule has 0 radical (unpaired) electrons. The van der Waals surface area contributed by atoms with Crippen molar-refractivity contribution in [3.63, 3.8) is 0 Å². The van der Waals surface area contributed by atoms with Gasteiger partial charge in [0, 0.05) is 5.56 Å². The second-order valence-corrected chi connectivity index (χ2v) is 9.36. The summed E-state index contributed by atoms with van der Waals surface area (Å²) in [5.41, 5.74) is 0.364. The Labute approximate surface area is 154 Å². The van der Waals surface area contributed by atoms with Crippen LogP contribution in [0.3, 0.4) is 0 Å². The van der Waals surface area contributed by atoms with Gasteiger partial charge in [-0.25, -0.2) is 8.42 Å². The zero-order valence-corrected chi connectivity index (χ0v) is 16.8. The van der Waals surface area contributed by atoms with Gasteiger partial charge in [0.25, 0.3) is 0 Å². The molecule has 9 heteroatoms. The monoisotopic (exact) mass is 395 g/mol. The minimum absolute atomic E-state index is 0.990. The number of nitrogens with zero attached hydrogens (tertiary/aromatic N) is 1. The Kier molecular flexibility index (Phi) is 8.34. The minimum Gasteiger partial charge on any atom is -0.743 e. The largest absolute Gasteiger partial charge is 0.743 e. The van der Waals surface area contributed by atoms with Crippen LogP contribution in [0.15, 0.2) is 30.3 Å². The molecular weight excluding hydrogens is 368 g/mol. The fourth-order valence-electron chi connectivity index (χ4n) is 1.57. The number of hydrogen-bond donors (Lipinski definition) is 0. The van der Waals surface area contributed by atoms with Crippen LogP contribution >= 0.6 is 0 Å². The number of ether oxygens (including phenoxy) is 1. The molecule has 150 valence electrons. The van der Waals surface area contributed by atoms with Crippen molar-refractivity contribution in [3.05, 3.63) is 35.9 Å². The first-order chi connectivity index (χ1) is 11.5. The van der Waals surface area contributed by atoms with Crippen LogP contribution in [0.25, 0.3) is 0 Å². The van der Waals surface area contributed by atoms with Gasteiger partial charge >= 0.3 is 11.2 Å². The topological polar surface area (TPSA) is 83.5 Å². The van der Waals surface area contributed by atoms with Crippen molar-refractivity contribution in [2.45, 2.75) is 32.6 Å². The molecule has 26 heavy (non-hydrogen) atoms. The number of carbonyl (C=O) groups excluding carboxylic acids is 1. The van der Waals surface area contributed by atoms with Crippen LogP contribution in [0, 0.1) is 5.41 Å². The first-order valence-corrected chi connectivity index (χ1v) is 9.21. The molecule has 0 atom stereocenters. The normalized spacial score (nSPS) is 12.8. The Morgan fingerprint density at radius 1 is 1.12 bits per heavy atom. The van der Waals surface area contributed by atoms with Gasteiger partial charge in [0.05, 0.1) is 26.6 Å². The van der Waals surface area contributed by atoms with E-state index in [4.69, 9.17) is 0 Å². The summed E-state index contributed by atoms with van der Waals surface area (Å²) in [7, 11) is 0.800. The fraction of sp³-hybridized carbons (Fsp3) is 0.588. The highest BCUT2D eigenvalue weighted by Crippen LogP contribution is 2.23. The Balaban J connectivity index is 0.000000502. The molecule has 0 aromatic heterocycles. The van der Waals surface area contributed by atoms with E-state index in [0.29, 0.717) is 0 Å². The molecule has 1 rings (SSSR count). The molecule has 0 fully saturated rings. The van der Waals surface area contributed by atoms with Crippen molar-refractivity contribution in [1.82, 2.24) is 0 Å². The van der Waals surface area contributed by atoms with Gasteiger partial charge in [0.2, 0.25) is 0 Å². The lowest BCUT2D eigenvalue weighted by Gasteiger charge is -2.23. The SMILES string of the molecule is CC(C)(C)C(=O)OCC(F)(F)S(=O)(=O)[O-].C[N+](C)(C)Cc1ccccc1. The van der Waals surface area contributed by atoms with Gasteiger partial charge < -0.3 is 13.8 Å². The predicted molar refractivity (Wildman–Crippen MR) is 93.2 cm³/mol. The van der Waals surface area contributed by atoms with Crippen molar-refractivity contribution in [3.8, 4) is 0 Å². The number of esters is 1.